The summed E-state index contributed by atoms with van der Waals surface area (Å²) < 4.78 is 0. The van der Waals surface area contributed by atoms with Crippen LogP contribution in [0.4, 0.5) is 11.4 Å². The zero-order valence-electron chi connectivity index (χ0n) is 10.1. The summed E-state index contributed by atoms with van der Waals surface area (Å²) in [6.07, 6.45) is 1.79. The smallest absolute Gasteiger partial charge is 0.0741 e. The maximum atomic E-state index is 9.57. The second-order valence-corrected chi connectivity index (χ2v) is 5.14. The number of nitrogens with zero attached hydrogens (tertiary/aromatic N) is 1. The van der Waals surface area contributed by atoms with Gasteiger partial charge in [-0.15, -0.1) is 0 Å². The van der Waals surface area contributed by atoms with E-state index >= 15 is 0 Å². The zero-order valence-corrected chi connectivity index (χ0v) is 10.8. The largest absolute Gasteiger partial charge is 0.396 e. The normalized spacial score (nSPS) is 19.4. The van der Waals surface area contributed by atoms with Crippen LogP contribution in [0.15, 0.2) is 18.2 Å². The van der Waals surface area contributed by atoms with Gasteiger partial charge in [0.15, 0.2) is 0 Å². The van der Waals surface area contributed by atoms with Crippen LogP contribution in [-0.4, -0.2) is 24.3 Å². The lowest BCUT2D eigenvalue weighted by atomic mass is 9.92. The van der Waals surface area contributed by atoms with Crippen molar-refractivity contribution in [1.29, 1.82) is 0 Å². The molecule has 1 aromatic rings. The van der Waals surface area contributed by atoms with Gasteiger partial charge in [-0.2, -0.15) is 0 Å². The summed E-state index contributed by atoms with van der Waals surface area (Å²) >= 11 is 6.02. The number of piperidine rings is 1. The molecule has 0 saturated carbocycles. The van der Waals surface area contributed by atoms with Gasteiger partial charge in [-0.3, -0.25) is 0 Å². The van der Waals surface area contributed by atoms with Crippen LogP contribution < -0.4 is 10.6 Å². The highest BCUT2D eigenvalue weighted by Crippen LogP contribution is 2.33. The summed E-state index contributed by atoms with van der Waals surface area (Å²) in [6.45, 7) is 3.73. The topological polar surface area (TPSA) is 49.5 Å². The van der Waals surface area contributed by atoms with Crippen LogP contribution in [0.5, 0.6) is 0 Å². The molecular weight excluding hydrogens is 236 g/mol. The highest BCUT2D eigenvalue weighted by Gasteiger charge is 2.23. The van der Waals surface area contributed by atoms with Gasteiger partial charge in [-0.1, -0.05) is 17.7 Å². The summed E-state index contributed by atoms with van der Waals surface area (Å²) in [5.41, 5.74) is 7.66. The first-order valence-corrected chi connectivity index (χ1v) is 6.44. The number of aliphatic hydroxyl groups excluding tert-OH is 1. The van der Waals surface area contributed by atoms with E-state index in [1.54, 1.807) is 0 Å². The summed E-state index contributed by atoms with van der Waals surface area (Å²) in [7, 11) is 0. The number of halogens is 1. The van der Waals surface area contributed by atoms with E-state index < -0.39 is 0 Å². The first-order valence-electron chi connectivity index (χ1n) is 6.06. The van der Waals surface area contributed by atoms with Gasteiger partial charge in [0, 0.05) is 13.1 Å². The Balaban J connectivity index is 2.08. The van der Waals surface area contributed by atoms with Crippen molar-refractivity contribution in [3.8, 4) is 0 Å². The van der Waals surface area contributed by atoms with Crippen LogP contribution in [0.1, 0.15) is 19.8 Å². The predicted octanol–water partition coefficient (Wildman–Crippen LogP) is 2.52. The first kappa shape index (κ1) is 12.5. The minimum Gasteiger partial charge on any atom is -0.396 e. The molecule has 0 spiro atoms. The molecular formula is C13H19ClN2O. The molecule has 1 atom stereocenters. The predicted molar refractivity (Wildman–Crippen MR) is 72.5 cm³/mol. The molecule has 1 heterocycles. The molecule has 0 bridgehead atoms. The SMILES string of the molecule is CC(O)C1CCN(c2cccc(Cl)c2N)CC1. The monoisotopic (exact) mass is 254 g/mol. The average molecular weight is 255 g/mol. The van der Waals surface area contributed by atoms with E-state index in [1.807, 2.05) is 25.1 Å². The van der Waals surface area contributed by atoms with Gasteiger partial charge >= 0.3 is 0 Å². The molecule has 2 rings (SSSR count). The van der Waals surface area contributed by atoms with E-state index in [1.165, 1.54) is 0 Å². The van der Waals surface area contributed by atoms with Gasteiger partial charge in [-0.25, -0.2) is 0 Å². The standard InChI is InChI=1S/C13H19ClN2O/c1-9(17)10-5-7-16(8-6-10)12-4-2-3-11(14)13(12)15/h2-4,9-10,17H,5-8,15H2,1H3. The van der Waals surface area contributed by atoms with Crippen molar-refractivity contribution < 1.29 is 5.11 Å². The number of hydrogen-bond donors (Lipinski definition) is 2. The lowest BCUT2D eigenvalue weighted by Crippen LogP contribution is -2.37. The van der Waals surface area contributed by atoms with E-state index in [9.17, 15) is 5.11 Å². The van der Waals surface area contributed by atoms with Crippen molar-refractivity contribution in [2.45, 2.75) is 25.9 Å². The highest BCUT2D eigenvalue weighted by molar-refractivity contribution is 6.33. The molecule has 3 nitrogen and oxygen atoms in total. The minimum atomic E-state index is -0.214. The molecule has 17 heavy (non-hydrogen) atoms. The lowest BCUT2D eigenvalue weighted by molar-refractivity contribution is 0.110. The van der Waals surface area contributed by atoms with Crippen LogP contribution in [0.2, 0.25) is 5.02 Å². The molecule has 1 aliphatic heterocycles. The van der Waals surface area contributed by atoms with Crippen molar-refractivity contribution in [1.82, 2.24) is 0 Å². The Bertz CT molecular complexity index is 387. The molecule has 0 radical (unpaired) electrons. The lowest BCUT2D eigenvalue weighted by Gasteiger charge is -2.35. The van der Waals surface area contributed by atoms with Crippen LogP contribution in [-0.2, 0) is 0 Å². The van der Waals surface area contributed by atoms with Gasteiger partial charge in [0.25, 0.3) is 0 Å². The van der Waals surface area contributed by atoms with Gasteiger partial charge < -0.3 is 15.7 Å². The van der Waals surface area contributed by atoms with E-state index in [-0.39, 0.29) is 6.10 Å². The molecule has 0 aliphatic carbocycles. The summed E-state index contributed by atoms with van der Waals surface area (Å²) in [4.78, 5) is 2.25. The summed E-state index contributed by atoms with van der Waals surface area (Å²) in [6, 6.07) is 5.74. The van der Waals surface area contributed by atoms with Crippen molar-refractivity contribution in [3.05, 3.63) is 23.2 Å². The fourth-order valence-electron chi connectivity index (χ4n) is 2.42. The molecule has 1 fully saturated rings. The highest BCUT2D eigenvalue weighted by atomic mass is 35.5. The Hall–Kier alpha value is -0.930. The molecule has 0 aromatic heterocycles. The molecule has 1 aromatic carbocycles. The van der Waals surface area contributed by atoms with Crippen molar-refractivity contribution in [3.63, 3.8) is 0 Å². The summed E-state index contributed by atoms with van der Waals surface area (Å²) in [5.74, 6) is 0.409. The molecule has 0 amide bonds. The average Bonchev–Trinajstić information content (AvgIpc) is 2.33. The van der Waals surface area contributed by atoms with E-state index in [2.05, 4.69) is 4.90 Å². The Morgan fingerprint density at radius 3 is 2.65 bits per heavy atom. The van der Waals surface area contributed by atoms with Crippen LogP contribution in [0, 0.1) is 5.92 Å². The molecule has 1 unspecified atom stereocenters. The van der Waals surface area contributed by atoms with Gasteiger partial charge in [0.1, 0.15) is 0 Å². The first-order chi connectivity index (χ1) is 8.09. The number of nitrogen functional groups attached to an aromatic ring is 1. The second-order valence-electron chi connectivity index (χ2n) is 4.74. The second kappa shape index (κ2) is 5.15. The van der Waals surface area contributed by atoms with Crippen molar-refractivity contribution >= 4 is 23.0 Å². The van der Waals surface area contributed by atoms with Crippen molar-refractivity contribution in [2.24, 2.45) is 5.92 Å². The maximum Gasteiger partial charge on any atom is 0.0741 e. The molecule has 3 N–H and O–H groups in total. The van der Waals surface area contributed by atoms with E-state index in [0.717, 1.165) is 31.6 Å². The fraction of sp³-hybridized carbons (Fsp3) is 0.538. The molecule has 94 valence electrons. The third-order valence-corrected chi connectivity index (χ3v) is 3.92. The van der Waals surface area contributed by atoms with Gasteiger partial charge in [-0.05, 0) is 37.8 Å². The third-order valence-electron chi connectivity index (χ3n) is 3.59. The fourth-order valence-corrected chi connectivity index (χ4v) is 2.59. The zero-order chi connectivity index (χ0) is 12.4. The van der Waals surface area contributed by atoms with Crippen LogP contribution in [0.25, 0.3) is 0 Å². The minimum absolute atomic E-state index is 0.214. The number of nitrogens with two attached hydrogens (primary N) is 1. The number of hydrogen-bond acceptors (Lipinski definition) is 3. The Labute approximate surface area is 107 Å². The molecule has 4 heteroatoms. The van der Waals surface area contributed by atoms with Crippen LogP contribution >= 0.6 is 11.6 Å². The van der Waals surface area contributed by atoms with Crippen molar-refractivity contribution in [2.75, 3.05) is 23.7 Å². The van der Waals surface area contributed by atoms with Gasteiger partial charge in [0.2, 0.25) is 0 Å². The summed E-state index contributed by atoms with van der Waals surface area (Å²) in [5, 5.41) is 10.2. The maximum absolute atomic E-state index is 9.57. The van der Waals surface area contributed by atoms with Crippen LogP contribution in [0.3, 0.4) is 0 Å². The molecule has 1 saturated heterocycles. The number of rotatable bonds is 2. The van der Waals surface area contributed by atoms with E-state index in [4.69, 9.17) is 17.3 Å². The number of aliphatic hydroxyl groups is 1. The molecule has 1 aliphatic rings. The third kappa shape index (κ3) is 2.67. The number of benzene rings is 1. The Morgan fingerprint density at radius 2 is 2.06 bits per heavy atom. The van der Waals surface area contributed by atoms with E-state index in [0.29, 0.717) is 16.6 Å². The van der Waals surface area contributed by atoms with Gasteiger partial charge in [0.05, 0.1) is 22.5 Å². The Kier molecular flexibility index (Phi) is 3.79. The quantitative estimate of drug-likeness (QED) is 0.798. The number of anilines is 2. The number of para-hydroxylation sites is 1. The Morgan fingerprint density at radius 1 is 1.41 bits per heavy atom.